The van der Waals surface area contributed by atoms with Crippen LogP contribution in [-0.4, -0.2) is 17.9 Å². The van der Waals surface area contributed by atoms with Crippen molar-refractivity contribution in [3.8, 4) is 5.75 Å². The van der Waals surface area contributed by atoms with Gasteiger partial charge < -0.3 is 15.4 Å². The van der Waals surface area contributed by atoms with Crippen LogP contribution in [0.25, 0.3) is 0 Å². The van der Waals surface area contributed by atoms with Crippen molar-refractivity contribution in [3.05, 3.63) is 90.0 Å². The van der Waals surface area contributed by atoms with Crippen molar-refractivity contribution in [2.24, 2.45) is 0 Å². The van der Waals surface area contributed by atoms with Crippen LogP contribution < -0.4 is 15.4 Å². The fourth-order valence-electron chi connectivity index (χ4n) is 2.64. The van der Waals surface area contributed by atoms with Crippen LogP contribution in [0.15, 0.2) is 78.9 Å². The topological polar surface area (TPSA) is 67.4 Å². The van der Waals surface area contributed by atoms with Crippen molar-refractivity contribution in [2.75, 3.05) is 10.6 Å². The summed E-state index contributed by atoms with van der Waals surface area (Å²) < 4.78 is 5.59. The van der Waals surface area contributed by atoms with Gasteiger partial charge in [0.05, 0.1) is 17.5 Å². The van der Waals surface area contributed by atoms with E-state index >= 15 is 0 Å². The summed E-state index contributed by atoms with van der Waals surface area (Å²) in [4.78, 5) is 25.0. The van der Waals surface area contributed by atoms with Crippen molar-refractivity contribution >= 4 is 23.2 Å². The number of nitrogens with one attached hydrogen (secondary N) is 2. The van der Waals surface area contributed by atoms with Crippen LogP contribution in [-0.2, 0) is 0 Å². The van der Waals surface area contributed by atoms with Crippen LogP contribution in [0.5, 0.6) is 5.75 Å². The standard InChI is InChI=1S/C23H22N2O3/c1-16(2)28-19-14-12-18(13-15-19)23(27)25-21-11-7-6-10-20(21)24-22(26)17-8-4-3-5-9-17/h3-16H,1-2H3,(H,24,26)(H,25,27). The molecular weight excluding hydrogens is 352 g/mol. The highest BCUT2D eigenvalue weighted by atomic mass is 16.5. The zero-order valence-corrected chi connectivity index (χ0v) is 15.8. The fraction of sp³-hybridized carbons (Fsp3) is 0.130. The van der Waals surface area contributed by atoms with Crippen molar-refractivity contribution < 1.29 is 14.3 Å². The summed E-state index contributed by atoms with van der Waals surface area (Å²) in [6, 6.07) is 22.9. The number of rotatable bonds is 6. The van der Waals surface area contributed by atoms with Gasteiger partial charge in [-0.1, -0.05) is 30.3 Å². The van der Waals surface area contributed by atoms with Crippen LogP contribution in [0, 0.1) is 0 Å². The van der Waals surface area contributed by atoms with E-state index in [-0.39, 0.29) is 17.9 Å². The minimum atomic E-state index is -0.266. The van der Waals surface area contributed by atoms with Gasteiger partial charge in [0.15, 0.2) is 0 Å². The van der Waals surface area contributed by atoms with E-state index < -0.39 is 0 Å². The minimum Gasteiger partial charge on any atom is -0.491 e. The molecule has 0 heterocycles. The van der Waals surface area contributed by atoms with Gasteiger partial charge in [0.2, 0.25) is 0 Å². The molecule has 0 atom stereocenters. The lowest BCUT2D eigenvalue weighted by molar-refractivity contribution is 0.101. The van der Waals surface area contributed by atoms with Crippen molar-refractivity contribution in [1.82, 2.24) is 0 Å². The molecule has 0 aliphatic carbocycles. The third kappa shape index (κ3) is 4.98. The molecule has 0 aliphatic heterocycles. The second kappa shape index (κ2) is 8.86. The number of para-hydroxylation sites is 2. The predicted molar refractivity (Wildman–Crippen MR) is 111 cm³/mol. The Balaban J connectivity index is 1.72. The summed E-state index contributed by atoms with van der Waals surface area (Å²) in [5.41, 5.74) is 2.11. The van der Waals surface area contributed by atoms with Gasteiger partial charge in [-0.05, 0) is 62.4 Å². The maximum absolute atomic E-state index is 12.6. The molecule has 0 saturated heterocycles. The molecule has 0 fully saturated rings. The maximum atomic E-state index is 12.6. The van der Waals surface area contributed by atoms with E-state index in [2.05, 4.69) is 10.6 Å². The molecular formula is C23H22N2O3. The Labute approximate surface area is 164 Å². The van der Waals surface area contributed by atoms with Gasteiger partial charge in [0.25, 0.3) is 11.8 Å². The lowest BCUT2D eigenvalue weighted by Crippen LogP contribution is -2.16. The third-order valence-corrected chi connectivity index (χ3v) is 3.95. The first kappa shape index (κ1) is 19.2. The van der Waals surface area contributed by atoms with Gasteiger partial charge in [-0.3, -0.25) is 9.59 Å². The molecule has 5 nitrogen and oxygen atoms in total. The Bertz CT molecular complexity index is 951. The Kier molecular flexibility index (Phi) is 6.07. The van der Waals surface area contributed by atoms with Gasteiger partial charge >= 0.3 is 0 Å². The smallest absolute Gasteiger partial charge is 0.255 e. The zero-order chi connectivity index (χ0) is 19.9. The van der Waals surface area contributed by atoms with Crippen LogP contribution >= 0.6 is 0 Å². The normalized spacial score (nSPS) is 10.4. The molecule has 142 valence electrons. The van der Waals surface area contributed by atoms with E-state index in [9.17, 15) is 9.59 Å². The molecule has 0 aliphatic rings. The Morgan fingerprint density at radius 3 is 1.64 bits per heavy atom. The Morgan fingerprint density at radius 1 is 0.679 bits per heavy atom. The van der Waals surface area contributed by atoms with Gasteiger partial charge in [-0.15, -0.1) is 0 Å². The number of hydrogen-bond acceptors (Lipinski definition) is 3. The van der Waals surface area contributed by atoms with E-state index in [1.54, 1.807) is 72.8 Å². The maximum Gasteiger partial charge on any atom is 0.255 e. The van der Waals surface area contributed by atoms with Crippen LogP contribution in [0.3, 0.4) is 0 Å². The number of hydrogen-bond donors (Lipinski definition) is 2. The molecule has 28 heavy (non-hydrogen) atoms. The Hall–Kier alpha value is -3.60. The number of benzene rings is 3. The quantitative estimate of drug-likeness (QED) is 0.639. The average Bonchev–Trinajstić information content (AvgIpc) is 2.70. The second-order valence-corrected chi connectivity index (χ2v) is 6.51. The van der Waals surface area contributed by atoms with E-state index in [0.29, 0.717) is 28.3 Å². The Morgan fingerprint density at radius 2 is 1.14 bits per heavy atom. The summed E-state index contributed by atoms with van der Waals surface area (Å²) in [5, 5.41) is 5.69. The number of ether oxygens (including phenoxy) is 1. The molecule has 5 heteroatoms. The highest BCUT2D eigenvalue weighted by molar-refractivity contribution is 6.09. The van der Waals surface area contributed by atoms with E-state index in [4.69, 9.17) is 4.74 Å². The lowest BCUT2D eigenvalue weighted by Gasteiger charge is -2.13. The molecule has 2 N–H and O–H groups in total. The first-order chi connectivity index (χ1) is 13.5. The molecule has 0 aromatic heterocycles. The largest absolute Gasteiger partial charge is 0.491 e. The predicted octanol–water partition coefficient (Wildman–Crippen LogP) is 4.98. The molecule has 2 amide bonds. The molecule has 3 aromatic carbocycles. The highest BCUT2D eigenvalue weighted by Crippen LogP contribution is 2.23. The number of amides is 2. The summed E-state index contributed by atoms with van der Waals surface area (Å²) in [6.45, 7) is 3.89. The molecule has 0 spiro atoms. The molecule has 0 unspecified atom stereocenters. The van der Waals surface area contributed by atoms with Crippen molar-refractivity contribution in [3.63, 3.8) is 0 Å². The van der Waals surface area contributed by atoms with Crippen LogP contribution in [0.1, 0.15) is 34.6 Å². The number of anilines is 2. The van der Waals surface area contributed by atoms with Crippen LogP contribution in [0.4, 0.5) is 11.4 Å². The first-order valence-corrected chi connectivity index (χ1v) is 9.06. The first-order valence-electron chi connectivity index (χ1n) is 9.06. The second-order valence-electron chi connectivity index (χ2n) is 6.51. The van der Waals surface area contributed by atoms with E-state index in [1.165, 1.54) is 0 Å². The molecule has 0 radical (unpaired) electrons. The number of carbonyl (C=O) groups excluding carboxylic acids is 2. The van der Waals surface area contributed by atoms with Crippen molar-refractivity contribution in [1.29, 1.82) is 0 Å². The molecule has 0 bridgehead atoms. The van der Waals surface area contributed by atoms with Gasteiger partial charge in [-0.25, -0.2) is 0 Å². The fourth-order valence-corrected chi connectivity index (χ4v) is 2.64. The lowest BCUT2D eigenvalue weighted by atomic mass is 10.1. The average molecular weight is 374 g/mol. The molecule has 3 rings (SSSR count). The van der Waals surface area contributed by atoms with Crippen LogP contribution in [0.2, 0.25) is 0 Å². The summed E-state index contributed by atoms with van der Waals surface area (Å²) in [6.07, 6.45) is 0.0692. The molecule has 0 saturated carbocycles. The number of carbonyl (C=O) groups is 2. The molecule has 3 aromatic rings. The van der Waals surface area contributed by atoms with Gasteiger partial charge in [-0.2, -0.15) is 0 Å². The van der Waals surface area contributed by atoms with Gasteiger partial charge in [0, 0.05) is 11.1 Å². The summed E-state index contributed by atoms with van der Waals surface area (Å²) >= 11 is 0. The highest BCUT2D eigenvalue weighted by Gasteiger charge is 2.12. The summed E-state index contributed by atoms with van der Waals surface area (Å²) in [5.74, 6) is 0.206. The monoisotopic (exact) mass is 374 g/mol. The minimum absolute atomic E-state index is 0.0692. The third-order valence-electron chi connectivity index (χ3n) is 3.95. The van der Waals surface area contributed by atoms with Crippen molar-refractivity contribution in [2.45, 2.75) is 20.0 Å². The zero-order valence-electron chi connectivity index (χ0n) is 15.8. The van der Waals surface area contributed by atoms with E-state index in [1.807, 2.05) is 19.9 Å². The van der Waals surface area contributed by atoms with Gasteiger partial charge in [0.1, 0.15) is 5.75 Å². The SMILES string of the molecule is CC(C)Oc1ccc(C(=O)Nc2ccccc2NC(=O)c2ccccc2)cc1. The van der Waals surface area contributed by atoms with E-state index in [0.717, 1.165) is 0 Å². The summed E-state index contributed by atoms with van der Waals surface area (Å²) in [7, 11) is 0.